The monoisotopic (exact) mass is 302 g/mol. The van der Waals surface area contributed by atoms with E-state index in [-0.39, 0.29) is 5.56 Å². The lowest BCUT2D eigenvalue weighted by molar-refractivity contribution is 0.278. The third kappa shape index (κ3) is 3.89. The van der Waals surface area contributed by atoms with E-state index in [1.54, 1.807) is 13.2 Å². The molecule has 2 rings (SSSR count). The van der Waals surface area contributed by atoms with E-state index < -0.39 is 0 Å². The molecule has 0 fully saturated rings. The highest BCUT2D eigenvalue weighted by molar-refractivity contribution is 5.87. The fourth-order valence-corrected chi connectivity index (χ4v) is 2.92. The summed E-state index contributed by atoms with van der Waals surface area (Å²) >= 11 is 0. The summed E-state index contributed by atoms with van der Waals surface area (Å²) in [7, 11) is 1.63. The minimum Gasteiger partial charge on any atom is -0.495 e. The highest BCUT2D eigenvalue weighted by atomic mass is 16.5. The summed E-state index contributed by atoms with van der Waals surface area (Å²) in [5, 5.41) is 1.08. The SMILES string of the molecule is CCCN(CCC)CCc1ccc(OC)c2[nH]c(=O)ccc12. The molecule has 0 aliphatic carbocycles. The van der Waals surface area contributed by atoms with E-state index in [0.717, 1.165) is 42.7 Å². The number of rotatable bonds is 8. The normalized spacial score (nSPS) is 11.3. The number of H-pyrrole nitrogens is 1. The number of nitrogens with one attached hydrogen (secondary N) is 1. The molecule has 1 heterocycles. The van der Waals surface area contributed by atoms with Gasteiger partial charge in [-0.3, -0.25) is 4.79 Å². The molecular formula is C18H26N2O2. The number of methoxy groups -OCH3 is 1. The number of aromatic amines is 1. The van der Waals surface area contributed by atoms with Crippen LogP contribution in [0.15, 0.2) is 29.1 Å². The van der Waals surface area contributed by atoms with Crippen molar-refractivity contribution in [3.05, 3.63) is 40.2 Å². The molecule has 0 atom stereocenters. The van der Waals surface area contributed by atoms with Gasteiger partial charge in [0.1, 0.15) is 5.75 Å². The summed E-state index contributed by atoms with van der Waals surface area (Å²) in [6, 6.07) is 7.53. The fourth-order valence-electron chi connectivity index (χ4n) is 2.92. The van der Waals surface area contributed by atoms with Crippen LogP contribution in [0.1, 0.15) is 32.3 Å². The van der Waals surface area contributed by atoms with Crippen LogP contribution >= 0.6 is 0 Å². The molecule has 1 aromatic carbocycles. The lowest BCUT2D eigenvalue weighted by Crippen LogP contribution is -2.27. The smallest absolute Gasteiger partial charge is 0.248 e. The molecule has 0 radical (unpaired) electrons. The van der Waals surface area contributed by atoms with Gasteiger partial charge in [-0.1, -0.05) is 19.9 Å². The Morgan fingerprint density at radius 2 is 1.77 bits per heavy atom. The standard InChI is InChI=1S/C18H26N2O2/c1-4-11-20(12-5-2)13-10-14-6-8-16(22-3)18-15(14)7-9-17(21)19-18/h6-9H,4-5,10-13H2,1-3H3,(H,19,21). The zero-order valence-corrected chi connectivity index (χ0v) is 13.8. The van der Waals surface area contributed by atoms with Crippen LogP contribution < -0.4 is 10.3 Å². The Morgan fingerprint density at radius 3 is 2.41 bits per heavy atom. The summed E-state index contributed by atoms with van der Waals surface area (Å²) < 4.78 is 5.36. The molecule has 4 heteroatoms. The molecule has 0 spiro atoms. The van der Waals surface area contributed by atoms with Gasteiger partial charge in [-0.15, -0.1) is 0 Å². The Morgan fingerprint density at radius 1 is 1.05 bits per heavy atom. The Kier molecular flexibility index (Phi) is 6.01. The van der Waals surface area contributed by atoms with Crippen molar-refractivity contribution in [3.63, 3.8) is 0 Å². The predicted octanol–water partition coefficient (Wildman–Crippen LogP) is 3.20. The number of fused-ring (bicyclic) bond motifs is 1. The Balaban J connectivity index is 2.26. The summed E-state index contributed by atoms with van der Waals surface area (Å²) in [4.78, 5) is 17.0. The number of hydrogen-bond donors (Lipinski definition) is 1. The van der Waals surface area contributed by atoms with Crippen molar-refractivity contribution >= 4 is 10.9 Å². The molecule has 0 unspecified atom stereocenters. The Hall–Kier alpha value is -1.81. The summed E-state index contributed by atoms with van der Waals surface area (Å²) in [5.41, 5.74) is 1.95. The maximum atomic E-state index is 11.6. The van der Waals surface area contributed by atoms with E-state index in [4.69, 9.17) is 4.74 Å². The number of pyridine rings is 1. The van der Waals surface area contributed by atoms with E-state index in [1.807, 2.05) is 12.1 Å². The Bertz CT molecular complexity index is 658. The first-order chi connectivity index (χ1) is 10.7. The maximum absolute atomic E-state index is 11.6. The van der Waals surface area contributed by atoms with E-state index in [2.05, 4.69) is 29.8 Å². The van der Waals surface area contributed by atoms with Gasteiger partial charge in [0.2, 0.25) is 5.56 Å². The summed E-state index contributed by atoms with van der Waals surface area (Å²) in [5.74, 6) is 0.718. The first-order valence-electron chi connectivity index (χ1n) is 8.10. The zero-order valence-electron chi connectivity index (χ0n) is 13.8. The molecule has 2 aromatic rings. The number of aromatic nitrogens is 1. The molecule has 0 saturated carbocycles. The molecule has 1 aromatic heterocycles. The molecule has 22 heavy (non-hydrogen) atoms. The van der Waals surface area contributed by atoms with Gasteiger partial charge in [-0.05, 0) is 50.0 Å². The van der Waals surface area contributed by atoms with E-state index in [1.165, 1.54) is 18.4 Å². The van der Waals surface area contributed by atoms with E-state index in [0.29, 0.717) is 0 Å². The molecular weight excluding hydrogens is 276 g/mol. The van der Waals surface area contributed by atoms with Crippen LogP contribution in [0.2, 0.25) is 0 Å². The fraction of sp³-hybridized carbons (Fsp3) is 0.500. The highest BCUT2D eigenvalue weighted by Crippen LogP contribution is 2.26. The van der Waals surface area contributed by atoms with Crippen molar-refractivity contribution in [2.75, 3.05) is 26.7 Å². The lowest BCUT2D eigenvalue weighted by atomic mass is 10.0. The van der Waals surface area contributed by atoms with Crippen molar-refractivity contribution < 1.29 is 4.74 Å². The second-order valence-electron chi connectivity index (χ2n) is 5.63. The minimum absolute atomic E-state index is 0.0958. The molecule has 120 valence electrons. The van der Waals surface area contributed by atoms with Gasteiger partial charge in [0.05, 0.1) is 12.6 Å². The molecule has 1 N–H and O–H groups in total. The van der Waals surface area contributed by atoms with Crippen LogP contribution in [0.5, 0.6) is 5.75 Å². The van der Waals surface area contributed by atoms with Crippen molar-refractivity contribution in [2.24, 2.45) is 0 Å². The molecule has 0 aliphatic rings. The van der Waals surface area contributed by atoms with Crippen LogP contribution in [-0.4, -0.2) is 36.6 Å². The largest absolute Gasteiger partial charge is 0.495 e. The molecule has 0 aliphatic heterocycles. The van der Waals surface area contributed by atoms with Crippen molar-refractivity contribution in [1.29, 1.82) is 0 Å². The summed E-state index contributed by atoms with van der Waals surface area (Å²) in [6.45, 7) is 7.76. The first kappa shape index (κ1) is 16.6. The second kappa shape index (κ2) is 7.99. The molecule has 0 saturated heterocycles. The topological polar surface area (TPSA) is 45.3 Å². The zero-order chi connectivity index (χ0) is 15.9. The lowest BCUT2D eigenvalue weighted by Gasteiger charge is -2.21. The minimum atomic E-state index is -0.0958. The van der Waals surface area contributed by atoms with Gasteiger partial charge in [0, 0.05) is 18.0 Å². The summed E-state index contributed by atoms with van der Waals surface area (Å²) in [6.07, 6.45) is 3.33. The number of hydrogen-bond acceptors (Lipinski definition) is 3. The number of nitrogens with zero attached hydrogens (tertiary/aromatic N) is 1. The van der Waals surface area contributed by atoms with Gasteiger partial charge < -0.3 is 14.6 Å². The van der Waals surface area contributed by atoms with Gasteiger partial charge >= 0.3 is 0 Å². The van der Waals surface area contributed by atoms with Crippen LogP contribution in [0, 0.1) is 0 Å². The van der Waals surface area contributed by atoms with Crippen molar-refractivity contribution in [1.82, 2.24) is 9.88 Å². The molecule has 4 nitrogen and oxygen atoms in total. The van der Waals surface area contributed by atoms with Crippen LogP contribution in [0.25, 0.3) is 10.9 Å². The average molecular weight is 302 g/mol. The third-order valence-electron chi connectivity index (χ3n) is 3.94. The van der Waals surface area contributed by atoms with Gasteiger partial charge in [0.15, 0.2) is 0 Å². The first-order valence-corrected chi connectivity index (χ1v) is 8.10. The van der Waals surface area contributed by atoms with Crippen molar-refractivity contribution in [3.8, 4) is 5.75 Å². The van der Waals surface area contributed by atoms with Crippen LogP contribution in [0.4, 0.5) is 0 Å². The predicted molar refractivity (Wildman–Crippen MR) is 91.8 cm³/mol. The molecule has 0 amide bonds. The van der Waals surface area contributed by atoms with Crippen LogP contribution in [-0.2, 0) is 6.42 Å². The van der Waals surface area contributed by atoms with Crippen molar-refractivity contribution in [2.45, 2.75) is 33.1 Å². The Labute approximate surface area is 132 Å². The van der Waals surface area contributed by atoms with Gasteiger partial charge in [-0.25, -0.2) is 0 Å². The van der Waals surface area contributed by atoms with E-state index >= 15 is 0 Å². The van der Waals surface area contributed by atoms with E-state index in [9.17, 15) is 4.79 Å². The van der Waals surface area contributed by atoms with Gasteiger partial charge in [0.25, 0.3) is 0 Å². The second-order valence-corrected chi connectivity index (χ2v) is 5.63. The van der Waals surface area contributed by atoms with Crippen LogP contribution in [0.3, 0.4) is 0 Å². The number of benzene rings is 1. The maximum Gasteiger partial charge on any atom is 0.248 e. The van der Waals surface area contributed by atoms with Gasteiger partial charge in [-0.2, -0.15) is 0 Å². The average Bonchev–Trinajstić information content (AvgIpc) is 2.52. The quantitative estimate of drug-likeness (QED) is 0.814. The highest BCUT2D eigenvalue weighted by Gasteiger charge is 2.09. The number of ether oxygens (including phenoxy) is 1. The third-order valence-corrected chi connectivity index (χ3v) is 3.94. The molecule has 0 bridgehead atoms.